The molecule has 1 amide bonds. The number of hydrogen-bond acceptors (Lipinski definition) is 6. The summed E-state index contributed by atoms with van der Waals surface area (Å²) in [4.78, 5) is 20.1. The number of methoxy groups -OCH3 is 1. The van der Waals surface area contributed by atoms with Crippen LogP contribution >= 0.6 is 11.6 Å². The Morgan fingerprint density at radius 1 is 1.24 bits per heavy atom. The molecule has 0 radical (unpaired) electrons. The second-order valence-electron chi connectivity index (χ2n) is 7.86. The standard InChI is InChI=1S/C24H22ClN5O3/c1-15-17(6-3-7-19(15)25)22-27-23(33-28-22)21-8-4-12-29(21)24(31)18-14-16(32-2)9-10-20(18)30-13-5-11-26-30/h3,5-7,9-11,13-14,21H,4,8,12H2,1-2H3. The highest BCUT2D eigenvalue weighted by molar-refractivity contribution is 6.31. The summed E-state index contributed by atoms with van der Waals surface area (Å²) in [5.41, 5.74) is 2.86. The van der Waals surface area contributed by atoms with Gasteiger partial charge in [0.2, 0.25) is 11.7 Å². The zero-order valence-corrected chi connectivity index (χ0v) is 19.0. The molecule has 1 fully saturated rings. The minimum atomic E-state index is -0.310. The number of nitrogens with zero attached hydrogens (tertiary/aromatic N) is 5. The summed E-state index contributed by atoms with van der Waals surface area (Å²) in [6.07, 6.45) is 5.06. The van der Waals surface area contributed by atoms with Crippen molar-refractivity contribution in [3.05, 3.63) is 76.9 Å². The Balaban J connectivity index is 1.48. The number of ether oxygens (including phenoxy) is 1. The summed E-state index contributed by atoms with van der Waals surface area (Å²) in [7, 11) is 1.58. The summed E-state index contributed by atoms with van der Waals surface area (Å²) >= 11 is 6.26. The average Bonchev–Trinajstić information content (AvgIpc) is 3.61. The van der Waals surface area contributed by atoms with Crippen molar-refractivity contribution in [3.63, 3.8) is 0 Å². The molecule has 1 atom stereocenters. The topological polar surface area (TPSA) is 86.3 Å². The second-order valence-corrected chi connectivity index (χ2v) is 8.27. The molecule has 5 rings (SSSR count). The third-order valence-electron chi connectivity index (χ3n) is 5.93. The van der Waals surface area contributed by atoms with Gasteiger partial charge in [-0.25, -0.2) is 4.68 Å². The molecule has 8 nitrogen and oxygen atoms in total. The molecule has 3 heterocycles. The number of hydrogen-bond donors (Lipinski definition) is 0. The van der Waals surface area contributed by atoms with Gasteiger partial charge >= 0.3 is 0 Å². The molecule has 1 unspecified atom stereocenters. The molecule has 2 aromatic carbocycles. The van der Waals surface area contributed by atoms with Crippen LogP contribution in [-0.2, 0) is 0 Å². The van der Waals surface area contributed by atoms with Crippen molar-refractivity contribution >= 4 is 17.5 Å². The summed E-state index contributed by atoms with van der Waals surface area (Å²) in [6, 6.07) is 12.5. The van der Waals surface area contributed by atoms with E-state index < -0.39 is 0 Å². The molecule has 9 heteroatoms. The molecule has 1 aliphatic heterocycles. The van der Waals surface area contributed by atoms with Gasteiger partial charge in [0.15, 0.2) is 0 Å². The number of carbonyl (C=O) groups is 1. The van der Waals surface area contributed by atoms with E-state index >= 15 is 0 Å². The van der Waals surface area contributed by atoms with E-state index in [1.54, 1.807) is 35.2 Å². The maximum atomic E-state index is 13.7. The van der Waals surface area contributed by atoms with Gasteiger partial charge in [0.25, 0.3) is 5.91 Å². The minimum Gasteiger partial charge on any atom is -0.497 e. The van der Waals surface area contributed by atoms with Crippen LogP contribution in [-0.4, -0.2) is 44.4 Å². The van der Waals surface area contributed by atoms with Gasteiger partial charge in [0, 0.05) is 29.5 Å². The number of rotatable bonds is 5. The van der Waals surface area contributed by atoms with E-state index in [1.807, 2.05) is 43.3 Å². The van der Waals surface area contributed by atoms with Crippen molar-refractivity contribution in [3.8, 4) is 22.8 Å². The van der Waals surface area contributed by atoms with Gasteiger partial charge in [-0.3, -0.25) is 4.79 Å². The molecule has 0 saturated carbocycles. The quantitative estimate of drug-likeness (QED) is 0.419. The number of halogens is 1. The Morgan fingerprint density at radius 3 is 2.91 bits per heavy atom. The van der Waals surface area contributed by atoms with Crippen LogP contribution in [0.5, 0.6) is 5.75 Å². The number of carbonyl (C=O) groups excluding carboxylic acids is 1. The van der Waals surface area contributed by atoms with Gasteiger partial charge < -0.3 is 14.2 Å². The first-order valence-corrected chi connectivity index (χ1v) is 11.0. The maximum Gasteiger partial charge on any atom is 0.256 e. The van der Waals surface area contributed by atoms with E-state index in [4.69, 9.17) is 20.9 Å². The summed E-state index contributed by atoms with van der Waals surface area (Å²) < 4.78 is 12.7. The lowest BCUT2D eigenvalue weighted by atomic mass is 10.1. The van der Waals surface area contributed by atoms with E-state index in [0.717, 1.165) is 24.0 Å². The predicted octanol–water partition coefficient (Wildman–Crippen LogP) is 4.87. The van der Waals surface area contributed by atoms with E-state index in [0.29, 0.717) is 40.3 Å². The van der Waals surface area contributed by atoms with Crippen molar-refractivity contribution in [2.24, 2.45) is 0 Å². The Morgan fingerprint density at radius 2 is 2.12 bits per heavy atom. The number of likely N-dealkylation sites (tertiary alicyclic amines) is 1. The highest BCUT2D eigenvalue weighted by Crippen LogP contribution is 2.35. The zero-order valence-electron chi connectivity index (χ0n) is 18.2. The SMILES string of the molecule is COc1ccc(-n2cccn2)c(C(=O)N2CCCC2c2nc(-c3cccc(Cl)c3C)no2)c1. The van der Waals surface area contributed by atoms with Crippen molar-refractivity contribution < 1.29 is 14.1 Å². The Kier molecular flexibility index (Phi) is 5.60. The van der Waals surface area contributed by atoms with Crippen molar-refractivity contribution in [1.82, 2.24) is 24.8 Å². The predicted molar refractivity (Wildman–Crippen MR) is 123 cm³/mol. The summed E-state index contributed by atoms with van der Waals surface area (Å²) in [5.74, 6) is 1.34. The van der Waals surface area contributed by atoms with Gasteiger partial charge in [-0.05, 0) is 55.7 Å². The van der Waals surface area contributed by atoms with Crippen molar-refractivity contribution in [2.75, 3.05) is 13.7 Å². The third-order valence-corrected chi connectivity index (χ3v) is 6.34. The second kappa shape index (κ2) is 8.71. The Bertz CT molecular complexity index is 1300. The van der Waals surface area contributed by atoms with Crippen LogP contribution in [0.15, 0.2) is 59.4 Å². The molecular formula is C24H22ClN5O3. The Labute approximate surface area is 195 Å². The molecular weight excluding hydrogens is 442 g/mol. The lowest BCUT2D eigenvalue weighted by Crippen LogP contribution is -2.31. The first-order valence-electron chi connectivity index (χ1n) is 10.6. The van der Waals surface area contributed by atoms with Gasteiger partial charge in [-0.15, -0.1) is 0 Å². The van der Waals surface area contributed by atoms with Crippen molar-refractivity contribution in [2.45, 2.75) is 25.8 Å². The van der Waals surface area contributed by atoms with Gasteiger partial charge in [-0.2, -0.15) is 10.1 Å². The van der Waals surface area contributed by atoms with Gasteiger partial charge in [0.1, 0.15) is 11.8 Å². The fourth-order valence-corrected chi connectivity index (χ4v) is 4.35. The molecule has 1 aliphatic rings. The highest BCUT2D eigenvalue weighted by Gasteiger charge is 2.36. The number of aromatic nitrogens is 4. The first-order chi connectivity index (χ1) is 16.1. The van der Waals surface area contributed by atoms with Crippen LogP contribution in [0.3, 0.4) is 0 Å². The van der Waals surface area contributed by atoms with E-state index in [2.05, 4.69) is 15.2 Å². The van der Waals surface area contributed by atoms with E-state index in [9.17, 15) is 4.79 Å². The average molecular weight is 464 g/mol. The third kappa shape index (κ3) is 3.87. The van der Waals surface area contributed by atoms with Crippen LogP contribution < -0.4 is 4.74 Å². The molecule has 0 N–H and O–H groups in total. The van der Waals surface area contributed by atoms with Crippen LogP contribution in [0, 0.1) is 6.92 Å². The molecule has 0 bridgehead atoms. The van der Waals surface area contributed by atoms with Crippen LogP contribution in [0.2, 0.25) is 5.02 Å². The first kappa shape index (κ1) is 21.2. The molecule has 0 aliphatic carbocycles. The van der Waals surface area contributed by atoms with E-state index in [-0.39, 0.29) is 11.9 Å². The fourth-order valence-electron chi connectivity index (χ4n) is 4.18. The summed E-state index contributed by atoms with van der Waals surface area (Å²) in [5, 5.41) is 9.10. The molecule has 33 heavy (non-hydrogen) atoms. The highest BCUT2D eigenvalue weighted by atomic mass is 35.5. The minimum absolute atomic E-state index is 0.138. The normalized spacial score (nSPS) is 15.7. The van der Waals surface area contributed by atoms with Gasteiger partial charge in [-0.1, -0.05) is 28.9 Å². The molecule has 4 aromatic rings. The monoisotopic (exact) mass is 463 g/mol. The largest absolute Gasteiger partial charge is 0.497 e. The molecule has 0 spiro atoms. The van der Waals surface area contributed by atoms with Crippen LogP contribution in [0.4, 0.5) is 0 Å². The van der Waals surface area contributed by atoms with Crippen molar-refractivity contribution in [1.29, 1.82) is 0 Å². The molecule has 1 saturated heterocycles. The maximum absolute atomic E-state index is 13.7. The summed E-state index contributed by atoms with van der Waals surface area (Å²) in [6.45, 7) is 2.51. The number of amides is 1. The lowest BCUT2D eigenvalue weighted by molar-refractivity contribution is 0.0709. The van der Waals surface area contributed by atoms with Gasteiger partial charge in [0.05, 0.1) is 18.4 Å². The fraction of sp³-hybridized carbons (Fsp3) is 0.250. The van der Waals surface area contributed by atoms with Crippen LogP contribution in [0.25, 0.3) is 17.1 Å². The lowest BCUT2D eigenvalue weighted by Gasteiger charge is -2.23. The van der Waals surface area contributed by atoms with Crippen LogP contribution in [0.1, 0.15) is 40.7 Å². The zero-order chi connectivity index (χ0) is 22.9. The number of benzene rings is 2. The smallest absolute Gasteiger partial charge is 0.256 e. The molecule has 168 valence electrons. The van der Waals surface area contributed by atoms with E-state index in [1.165, 1.54) is 0 Å². The Hall–Kier alpha value is -3.65. The molecule has 2 aromatic heterocycles.